The Balaban J connectivity index is 3.83. The molecule has 0 unspecified atom stereocenters. The molecule has 0 bridgehead atoms. The number of nitro groups is 1. The third-order valence-electron chi connectivity index (χ3n) is 1.99. The fourth-order valence-electron chi connectivity index (χ4n) is 1.32. The average molecular weight is 286 g/mol. The Morgan fingerprint density at radius 1 is 1.42 bits per heavy atom. The Morgan fingerprint density at radius 2 is 1.95 bits per heavy atom. The van der Waals surface area contributed by atoms with Crippen LogP contribution in [-0.4, -0.2) is 21.0 Å². The number of aromatic nitrogens is 1. The number of hydrogen-bond donors (Lipinski definition) is 1. The van der Waals surface area contributed by atoms with Crippen molar-refractivity contribution >= 4 is 11.7 Å². The van der Waals surface area contributed by atoms with Crippen LogP contribution in [-0.2, 0) is 6.18 Å². The van der Waals surface area contributed by atoms with Gasteiger partial charge in [0.15, 0.2) is 5.56 Å². The molecular weight excluding hydrogens is 283 g/mol. The molecule has 1 N–H and O–H groups in total. The number of aromatic carboxylic acids is 1. The normalized spacial score (nSPS) is 11.7. The summed E-state index contributed by atoms with van der Waals surface area (Å²) >= 11 is 0. The number of carbonyl (C=O) groups is 1. The van der Waals surface area contributed by atoms with E-state index in [9.17, 15) is 36.9 Å². The summed E-state index contributed by atoms with van der Waals surface area (Å²) in [6.45, 7) is 0. The highest BCUT2D eigenvalue weighted by Gasteiger charge is 2.44. The summed E-state index contributed by atoms with van der Waals surface area (Å²) in [6, 6.07) is 0. The van der Waals surface area contributed by atoms with Gasteiger partial charge in [0.2, 0.25) is 0 Å². The molecule has 0 aromatic carbocycles. The Bertz CT molecular complexity index is 543. The van der Waals surface area contributed by atoms with E-state index >= 15 is 0 Å². The SMILES string of the molecule is O=C(O)c1c([N+](=O)[O-])cnc(C(F)F)c1C(F)(F)F. The van der Waals surface area contributed by atoms with Gasteiger partial charge in [0, 0.05) is 0 Å². The van der Waals surface area contributed by atoms with Gasteiger partial charge in [-0.05, 0) is 0 Å². The predicted molar refractivity (Wildman–Crippen MR) is 47.8 cm³/mol. The van der Waals surface area contributed by atoms with Crippen LogP contribution in [0, 0.1) is 10.1 Å². The van der Waals surface area contributed by atoms with Gasteiger partial charge in [0.25, 0.3) is 6.43 Å². The molecule has 0 aliphatic carbocycles. The second kappa shape index (κ2) is 4.74. The van der Waals surface area contributed by atoms with Gasteiger partial charge in [0.05, 0.1) is 4.92 Å². The number of alkyl halides is 5. The van der Waals surface area contributed by atoms with Crippen LogP contribution in [0.15, 0.2) is 6.20 Å². The van der Waals surface area contributed by atoms with Crippen molar-refractivity contribution in [3.05, 3.63) is 33.1 Å². The van der Waals surface area contributed by atoms with Gasteiger partial charge in [-0.2, -0.15) is 13.2 Å². The molecule has 0 aliphatic heterocycles. The van der Waals surface area contributed by atoms with Crippen molar-refractivity contribution < 1.29 is 36.8 Å². The Morgan fingerprint density at radius 3 is 2.26 bits per heavy atom. The van der Waals surface area contributed by atoms with Crippen molar-refractivity contribution in [1.82, 2.24) is 4.98 Å². The van der Waals surface area contributed by atoms with Crippen LogP contribution in [0.4, 0.5) is 27.6 Å². The smallest absolute Gasteiger partial charge is 0.419 e. The van der Waals surface area contributed by atoms with Gasteiger partial charge in [-0.3, -0.25) is 10.1 Å². The first-order chi connectivity index (χ1) is 8.57. The Labute approximate surface area is 100 Å². The maximum absolute atomic E-state index is 12.6. The van der Waals surface area contributed by atoms with Crippen LogP contribution >= 0.6 is 0 Å². The van der Waals surface area contributed by atoms with Crippen molar-refractivity contribution in [2.24, 2.45) is 0 Å². The van der Waals surface area contributed by atoms with Gasteiger partial charge in [0.1, 0.15) is 17.5 Å². The first-order valence-electron chi connectivity index (χ1n) is 4.33. The highest BCUT2D eigenvalue weighted by molar-refractivity contribution is 5.94. The molecule has 0 amide bonds. The molecule has 0 saturated heterocycles. The molecule has 0 radical (unpaired) electrons. The molecule has 0 aliphatic rings. The lowest BCUT2D eigenvalue weighted by molar-refractivity contribution is -0.385. The maximum Gasteiger partial charge on any atom is 0.419 e. The minimum atomic E-state index is -5.52. The van der Waals surface area contributed by atoms with E-state index in [1.807, 2.05) is 0 Å². The van der Waals surface area contributed by atoms with Crippen molar-refractivity contribution in [1.29, 1.82) is 0 Å². The third kappa shape index (κ3) is 2.74. The number of nitrogens with zero attached hydrogens (tertiary/aromatic N) is 2. The zero-order valence-electron chi connectivity index (χ0n) is 8.61. The molecule has 1 aromatic rings. The van der Waals surface area contributed by atoms with E-state index in [4.69, 9.17) is 5.11 Å². The van der Waals surface area contributed by atoms with Crippen molar-refractivity contribution in [2.45, 2.75) is 12.6 Å². The number of carboxylic acids is 1. The monoisotopic (exact) mass is 286 g/mol. The van der Waals surface area contributed by atoms with Crippen molar-refractivity contribution in [3.63, 3.8) is 0 Å². The summed E-state index contributed by atoms with van der Waals surface area (Å²) in [5.74, 6) is -2.34. The number of halogens is 5. The minimum Gasteiger partial charge on any atom is -0.477 e. The lowest BCUT2D eigenvalue weighted by Crippen LogP contribution is -2.19. The molecule has 0 fully saturated rings. The predicted octanol–water partition coefficient (Wildman–Crippen LogP) is 2.64. The maximum atomic E-state index is 12.6. The van der Waals surface area contributed by atoms with Crippen LogP contribution in [0.2, 0.25) is 0 Å². The fourth-order valence-corrected chi connectivity index (χ4v) is 1.32. The average Bonchev–Trinajstić information content (AvgIpc) is 2.25. The van der Waals surface area contributed by atoms with Crippen LogP contribution in [0.5, 0.6) is 0 Å². The van der Waals surface area contributed by atoms with Crippen molar-refractivity contribution in [3.8, 4) is 0 Å². The molecule has 0 atom stereocenters. The number of pyridine rings is 1. The Kier molecular flexibility index (Phi) is 3.68. The van der Waals surface area contributed by atoms with Crippen LogP contribution in [0.3, 0.4) is 0 Å². The molecule has 0 spiro atoms. The molecular formula is C8H3F5N2O4. The zero-order valence-corrected chi connectivity index (χ0v) is 8.61. The van der Waals surface area contributed by atoms with E-state index in [2.05, 4.69) is 4.98 Å². The molecule has 0 saturated carbocycles. The summed E-state index contributed by atoms with van der Waals surface area (Å²) in [6.07, 6.45) is -9.19. The quantitative estimate of drug-likeness (QED) is 0.523. The summed E-state index contributed by atoms with van der Waals surface area (Å²) in [4.78, 5) is 22.3. The molecule has 1 rings (SSSR count). The molecule has 11 heteroatoms. The Hall–Kier alpha value is -2.33. The molecule has 6 nitrogen and oxygen atoms in total. The van der Waals surface area contributed by atoms with Crippen LogP contribution in [0.1, 0.15) is 28.0 Å². The first kappa shape index (κ1) is 14.7. The van der Waals surface area contributed by atoms with E-state index in [-0.39, 0.29) is 6.20 Å². The fraction of sp³-hybridized carbons (Fsp3) is 0.250. The highest BCUT2D eigenvalue weighted by Crippen LogP contribution is 2.40. The summed E-state index contributed by atoms with van der Waals surface area (Å²) < 4.78 is 62.7. The molecule has 19 heavy (non-hydrogen) atoms. The number of rotatable bonds is 3. The summed E-state index contributed by atoms with van der Waals surface area (Å²) in [7, 11) is 0. The number of carboxylic acid groups (broad SMARTS) is 1. The van der Waals surface area contributed by atoms with E-state index in [1.54, 1.807) is 0 Å². The van der Waals surface area contributed by atoms with Gasteiger partial charge in [-0.25, -0.2) is 18.6 Å². The van der Waals surface area contributed by atoms with E-state index < -0.39 is 46.0 Å². The van der Waals surface area contributed by atoms with Gasteiger partial charge in [-0.1, -0.05) is 0 Å². The second-order valence-corrected chi connectivity index (χ2v) is 3.14. The third-order valence-corrected chi connectivity index (χ3v) is 1.99. The number of hydrogen-bond acceptors (Lipinski definition) is 4. The lowest BCUT2D eigenvalue weighted by atomic mass is 10.0. The van der Waals surface area contributed by atoms with Gasteiger partial charge in [-0.15, -0.1) is 0 Å². The lowest BCUT2D eigenvalue weighted by Gasteiger charge is -2.13. The molecule has 104 valence electrons. The van der Waals surface area contributed by atoms with E-state index in [0.717, 1.165) is 0 Å². The highest BCUT2D eigenvalue weighted by atomic mass is 19.4. The topological polar surface area (TPSA) is 93.3 Å². The molecule has 1 aromatic heterocycles. The first-order valence-corrected chi connectivity index (χ1v) is 4.33. The van der Waals surface area contributed by atoms with E-state index in [1.165, 1.54) is 0 Å². The summed E-state index contributed by atoms with van der Waals surface area (Å²) in [5.41, 5.74) is -7.55. The van der Waals surface area contributed by atoms with Crippen molar-refractivity contribution in [2.75, 3.05) is 0 Å². The van der Waals surface area contributed by atoms with Gasteiger partial charge < -0.3 is 5.11 Å². The van der Waals surface area contributed by atoms with E-state index in [0.29, 0.717) is 0 Å². The minimum absolute atomic E-state index is 0.0557. The largest absolute Gasteiger partial charge is 0.477 e. The molecule has 1 heterocycles. The zero-order chi connectivity index (χ0) is 15.0. The van der Waals surface area contributed by atoms with Gasteiger partial charge >= 0.3 is 17.8 Å². The summed E-state index contributed by atoms with van der Waals surface area (Å²) in [5, 5.41) is 19.0. The van der Waals surface area contributed by atoms with Crippen LogP contribution in [0.25, 0.3) is 0 Å². The second-order valence-electron chi connectivity index (χ2n) is 3.14. The van der Waals surface area contributed by atoms with Crippen LogP contribution < -0.4 is 0 Å². The standard InChI is InChI=1S/C8H3F5N2O4/c9-6(10)5-4(8(11,12)13)3(7(16)17)2(1-14-5)15(18)19/h1,6H,(H,16,17).